The van der Waals surface area contributed by atoms with Crippen LogP contribution in [0.5, 0.6) is 0 Å². The average Bonchev–Trinajstić information content (AvgIpc) is 3.37. The van der Waals surface area contributed by atoms with Gasteiger partial charge in [0.1, 0.15) is 5.82 Å². The van der Waals surface area contributed by atoms with Crippen molar-refractivity contribution in [2.75, 3.05) is 0 Å². The molecule has 0 fully saturated rings. The SMILES string of the molecule is CCCc1nc(C)c(Cc2cccc(F)c2F)c(=O)n1Cc1ccc(-c2ccccc2-c2noc(=O)[nH]2)cc1. The number of aromatic amines is 1. The zero-order chi connectivity index (χ0) is 27.5. The summed E-state index contributed by atoms with van der Waals surface area (Å²) >= 11 is 0. The molecule has 2 heterocycles. The second-order valence-electron chi connectivity index (χ2n) is 9.31. The van der Waals surface area contributed by atoms with Crippen molar-refractivity contribution in [2.45, 2.75) is 39.7 Å². The van der Waals surface area contributed by atoms with Gasteiger partial charge in [0, 0.05) is 29.7 Å². The van der Waals surface area contributed by atoms with Crippen LogP contribution in [-0.2, 0) is 19.4 Å². The third-order valence-corrected chi connectivity index (χ3v) is 6.65. The first kappa shape index (κ1) is 26.0. The fraction of sp³-hybridized carbons (Fsp3) is 0.200. The van der Waals surface area contributed by atoms with Crippen molar-refractivity contribution in [1.82, 2.24) is 19.7 Å². The number of aryl methyl sites for hydroxylation is 2. The molecule has 0 atom stereocenters. The molecule has 1 N–H and O–H groups in total. The molecule has 2 aromatic heterocycles. The van der Waals surface area contributed by atoms with Crippen molar-refractivity contribution in [3.05, 3.63) is 127 Å². The van der Waals surface area contributed by atoms with Gasteiger partial charge >= 0.3 is 5.76 Å². The monoisotopic (exact) mass is 528 g/mol. The van der Waals surface area contributed by atoms with Crippen molar-refractivity contribution in [3.8, 4) is 22.5 Å². The lowest BCUT2D eigenvalue weighted by Crippen LogP contribution is -2.30. The fourth-order valence-corrected chi connectivity index (χ4v) is 4.67. The van der Waals surface area contributed by atoms with Gasteiger partial charge in [-0.15, -0.1) is 0 Å². The predicted octanol–water partition coefficient (Wildman–Crippen LogP) is 5.43. The number of H-pyrrole nitrogens is 1. The Balaban J connectivity index is 1.49. The summed E-state index contributed by atoms with van der Waals surface area (Å²) in [5.74, 6) is -1.55. The molecule has 9 heteroatoms. The molecule has 0 saturated heterocycles. The van der Waals surface area contributed by atoms with Crippen LogP contribution in [0.3, 0.4) is 0 Å². The van der Waals surface area contributed by atoms with Crippen molar-refractivity contribution in [1.29, 1.82) is 0 Å². The van der Waals surface area contributed by atoms with Gasteiger partial charge < -0.3 is 0 Å². The second kappa shape index (κ2) is 11.0. The first-order valence-electron chi connectivity index (χ1n) is 12.6. The quantitative estimate of drug-likeness (QED) is 0.290. The summed E-state index contributed by atoms with van der Waals surface area (Å²) in [6.45, 7) is 4.01. The third kappa shape index (κ3) is 5.34. The molecule has 0 unspecified atom stereocenters. The van der Waals surface area contributed by atoms with Crippen LogP contribution in [0.1, 0.15) is 41.6 Å². The largest absolute Gasteiger partial charge is 0.439 e. The van der Waals surface area contributed by atoms with Crippen LogP contribution in [0.25, 0.3) is 22.5 Å². The number of benzene rings is 3. The minimum Gasteiger partial charge on any atom is -0.296 e. The van der Waals surface area contributed by atoms with E-state index < -0.39 is 17.4 Å². The van der Waals surface area contributed by atoms with Crippen LogP contribution in [0.4, 0.5) is 8.78 Å². The normalized spacial score (nSPS) is 11.2. The first-order chi connectivity index (χ1) is 18.9. The maximum atomic E-state index is 14.4. The Kier molecular flexibility index (Phi) is 7.31. The van der Waals surface area contributed by atoms with E-state index in [-0.39, 0.29) is 24.1 Å². The highest BCUT2D eigenvalue weighted by molar-refractivity contribution is 5.80. The maximum absolute atomic E-state index is 14.4. The first-order valence-corrected chi connectivity index (χ1v) is 12.6. The van der Waals surface area contributed by atoms with E-state index in [0.29, 0.717) is 29.3 Å². The van der Waals surface area contributed by atoms with Gasteiger partial charge in [0.15, 0.2) is 17.5 Å². The van der Waals surface area contributed by atoms with E-state index in [1.165, 1.54) is 12.1 Å². The van der Waals surface area contributed by atoms with Gasteiger partial charge in [-0.2, -0.15) is 0 Å². The molecule has 3 aromatic carbocycles. The molecule has 0 spiro atoms. The van der Waals surface area contributed by atoms with Crippen LogP contribution in [0.15, 0.2) is 80.8 Å². The summed E-state index contributed by atoms with van der Waals surface area (Å²) in [7, 11) is 0. The Morgan fingerprint density at radius 3 is 2.38 bits per heavy atom. The Bertz CT molecular complexity index is 1750. The Labute approximate surface area is 222 Å². The second-order valence-corrected chi connectivity index (χ2v) is 9.31. The summed E-state index contributed by atoms with van der Waals surface area (Å²) in [5.41, 5.74) is 4.04. The van der Waals surface area contributed by atoms with Gasteiger partial charge in [-0.3, -0.25) is 18.9 Å². The molecule has 0 saturated carbocycles. The predicted molar refractivity (Wildman–Crippen MR) is 143 cm³/mol. The molecule has 7 nitrogen and oxygen atoms in total. The number of hydrogen-bond donors (Lipinski definition) is 1. The lowest BCUT2D eigenvalue weighted by molar-refractivity contribution is 0.388. The lowest BCUT2D eigenvalue weighted by Gasteiger charge is -2.16. The molecular weight excluding hydrogens is 502 g/mol. The highest BCUT2D eigenvalue weighted by atomic mass is 19.2. The van der Waals surface area contributed by atoms with Gasteiger partial charge in [-0.1, -0.05) is 72.7 Å². The third-order valence-electron chi connectivity index (χ3n) is 6.65. The molecule has 0 aliphatic heterocycles. The van der Waals surface area contributed by atoms with Crippen molar-refractivity contribution in [3.63, 3.8) is 0 Å². The maximum Gasteiger partial charge on any atom is 0.439 e. The Hall–Kier alpha value is -4.66. The van der Waals surface area contributed by atoms with Crippen molar-refractivity contribution in [2.24, 2.45) is 0 Å². The smallest absolute Gasteiger partial charge is 0.296 e. The highest BCUT2D eigenvalue weighted by Crippen LogP contribution is 2.30. The Morgan fingerprint density at radius 2 is 1.69 bits per heavy atom. The van der Waals surface area contributed by atoms with E-state index in [0.717, 1.165) is 34.7 Å². The van der Waals surface area contributed by atoms with Crippen molar-refractivity contribution < 1.29 is 13.3 Å². The Morgan fingerprint density at radius 1 is 0.949 bits per heavy atom. The zero-order valence-corrected chi connectivity index (χ0v) is 21.5. The van der Waals surface area contributed by atoms with Gasteiger partial charge in [-0.05, 0) is 41.7 Å². The van der Waals surface area contributed by atoms with Crippen LogP contribution >= 0.6 is 0 Å². The van der Waals surface area contributed by atoms with Crippen LogP contribution in [-0.4, -0.2) is 19.7 Å². The molecule has 0 amide bonds. The van der Waals surface area contributed by atoms with Crippen LogP contribution in [0.2, 0.25) is 0 Å². The topological polar surface area (TPSA) is 93.8 Å². The molecule has 0 aliphatic rings. The van der Waals surface area contributed by atoms with E-state index in [4.69, 9.17) is 0 Å². The number of nitrogens with one attached hydrogen (secondary N) is 1. The van der Waals surface area contributed by atoms with E-state index >= 15 is 0 Å². The minimum absolute atomic E-state index is 0.0481. The van der Waals surface area contributed by atoms with Gasteiger partial charge in [-0.25, -0.2) is 18.6 Å². The fourth-order valence-electron chi connectivity index (χ4n) is 4.67. The van der Waals surface area contributed by atoms with E-state index in [9.17, 15) is 18.4 Å². The lowest BCUT2D eigenvalue weighted by atomic mass is 9.98. The molecule has 198 valence electrons. The number of hydrogen-bond acceptors (Lipinski definition) is 5. The van der Waals surface area contributed by atoms with E-state index in [2.05, 4.69) is 19.6 Å². The summed E-state index contributed by atoms with van der Waals surface area (Å²) in [4.78, 5) is 32.4. The minimum atomic E-state index is -0.953. The highest BCUT2D eigenvalue weighted by Gasteiger charge is 2.18. The summed E-state index contributed by atoms with van der Waals surface area (Å²) in [6, 6.07) is 19.2. The zero-order valence-electron chi connectivity index (χ0n) is 21.5. The van der Waals surface area contributed by atoms with Gasteiger partial charge in [0.05, 0.1) is 6.54 Å². The average molecular weight is 529 g/mol. The number of rotatable bonds is 8. The van der Waals surface area contributed by atoms with E-state index in [1.807, 2.05) is 55.5 Å². The summed E-state index contributed by atoms with van der Waals surface area (Å²) < 4.78 is 34.5. The molecule has 5 aromatic rings. The molecule has 39 heavy (non-hydrogen) atoms. The van der Waals surface area contributed by atoms with Gasteiger partial charge in [0.2, 0.25) is 0 Å². The van der Waals surface area contributed by atoms with Crippen LogP contribution < -0.4 is 11.3 Å². The molecule has 5 rings (SSSR count). The summed E-state index contributed by atoms with van der Waals surface area (Å²) in [5, 5.41) is 3.81. The van der Waals surface area contributed by atoms with E-state index in [1.54, 1.807) is 11.5 Å². The number of aromatic nitrogens is 4. The molecule has 0 radical (unpaired) electrons. The van der Waals surface area contributed by atoms with Gasteiger partial charge in [0.25, 0.3) is 5.56 Å². The summed E-state index contributed by atoms with van der Waals surface area (Å²) in [6.07, 6.45) is 1.35. The molecule has 0 aliphatic carbocycles. The molecular formula is C30H26F2N4O3. The number of nitrogens with zero attached hydrogens (tertiary/aromatic N) is 3. The standard InChI is InChI=1S/C30H26F2N4O3/c1-3-7-26-33-18(2)24(16-21-8-6-11-25(31)27(21)32)29(37)36(26)17-19-12-14-20(15-13-19)22-9-4-5-10-23(22)28-34-30(38)39-35-28/h4-6,8-15H,3,7,16-17H2,1-2H3,(H,34,35,38). The molecule has 0 bridgehead atoms. The van der Waals surface area contributed by atoms with Crippen LogP contribution in [0, 0.1) is 18.6 Å². The number of halogens is 2. The van der Waals surface area contributed by atoms with Crippen molar-refractivity contribution >= 4 is 0 Å².